The lowest BCUT2D eigenvalue weighted by Crippen LogP contribution is -2.45. The molecule has 4 heteroatoms. The molecule has 0 bridgehead atoms. The van der Waals surface area contributed by atoms with Crippen LogP contribution < -0.4 is 5.32 Å². The minimum atomic E-state index is -0.556. The molecule has 4 nitrogen and oxygen atoms in total. The van der Waals surface area contributed by atoms with Gasteiger partial charge in [0.25, 0.3) is 0 Å². The van der Waals surface area contributed by atoms with Gasteiger partial charge in [-0.05, 0) is 31.2 Å². The van der Waals surface area contributed by atoms with Gasteiger partial charge in [0.15, 0.2) is 0 Å². The molecule has 0 aromatic heterocycles. The highest BCUT2D eigenvalue weighted by Gasteiger charge is 2.38. The van der Waals surface area contributed by atoms with E-state index in [1.54, 1.807) is 0 Å². The van der Waals surface area contributed by atoms with Gasteiger partial charge in [-0.3, -0.25) is 4.90 Å². The quantitative estimate of drug-likeness (QED) is 0.683. The molecular formula is C14H28N2O2. The smallest absolute Gasteiger partial charge is 0.0938 e. The highest BCUT2D eigenvalue weighted by atomic mass is 16.3. The van der Waals surface area contributed by atoms with Crippen molar-refractivity contribution in [3.8, 4) is 0 Å². The van der Waals surface area contributed by atoms with Crippen molar-refractivity contribution in [1.29, 1.82) is 0 Å². The molecule has 2 fully saturated rings. The third-order valence-corrected chi connectivity index (χ3v) is 4.78. The molecule has 2 rings (SSSR count). The van der Waals surface area contributed by atoms with E-state index in [0.717, 1.165) is 19.0 Å². The molecule has 0 aromatic rings. The number of likely N-dealkylation sites (tertiary alicyclic amines) is 1. The van der Waals surface area contributed by atoms with E-state index in [-0.39, 0.29) is 0 Å². The summed E-state index contributed by atoms with van der Waals surface area (Å²) in [7, 11) is 2.02. The van der Waals surface area contributed by atoms with E-state index in [0.29, 0.717) is 18.5 Å². The van der Waals surface area contributed by atoms with Gasteiger partial charge in [0.2, 0.25) is 0 Å². The van der Waals surface area contributed by atoms with Crippen LogP contribution in [0.2, 0.25) is 0 Å². The fourth-order valence-electron chi connectivity index (χ4n) is 3.59. The summed E-state index contributed by atoms with van der Waals surface area (Å²) in [4.78, 5) is 2.24. The average Bonchev–Trinajstić information content (AvgIpc) is 2.62. The summed E-state index contributed by atoms with van der Waals surface area (Å²) in [5, 5.41) is 22.6. The van der Waals surface area contributed by atoms with Gasteiger partial charge >= 0.3 is 0 Å². The van der Waals surface area contributed by atoms with Crippen LogP contribution in [0.25, 0.3) is 0 Å². The van der Waals surface area contributed by atoms with E-state index in [1.807, 2.05) is 7.05 Å². The Kier molecular flexibility index (Phi) is 4.64. The molecule has 106 valence electrons. The second-order valence-corrected chi connectivity index (χ2v) is 6.54. The van der Waals surface area contributed by atoms with Crippen molar-refractivity contribution < 1.29 is 10.2 Å². The largest absolute Gasteiger partial charge is 0.389 e. The van der Waals surface area contributed by atoms with E-state index in [2.05, 4.69) is 17.1 Å². The summed E-state index contributed by atoms with van der Waals surface area (Å²) in [5.41, 5.74) is 0.338. The molecule has 2 atom stereocenters. The Morgan fingerprint density at radius 1 is 1.17 bits per heavy atom. The van der Waals surface area contributed by atoms with Crippen LogP contribution in [0.15, 0.2) is 0 Å². The molecule has 2 unspecified atom stereocenters. The van der Waals surface area contributed by atoms with E-state index in [9.17, 15) is 10.2 Å². The van der Waals surface area contributed by atoms with Crippen molar-refractivity contribution in [2.75, 3.05) is 33.2 Å². The lowest BCUT2D eigenvalue weighted by Gasteiger charge is -2.42. The maximum atomic E-state index is 9.65. The number of rotatable bonds is 4. The van der Waals surface area contributed by atoms with E-state index >= 15 is 0 Å². The minimum absolute atomic E-state index is 0.338. The van der Waals surface area contributed by atoms with Crippen LogP contribution >= 0.6 is 0 Å². The number of nitrogens with zero attached hydrogens (tertiary/aromatic N) is 1. The first kappa shape index (κ1) is 14.3. The summed E-state index contributed by atoms with van der Waals surface area (Å²) in [6, 6.07) is 0. The van der Waals surface area contributed by atoms with Crippen molar-refractivity contribution in [2.45, 2.75) is 44.8 Å². The van der Waals surface area contributed by atoms with Crippen molar-refractivity contribution in [3.05, 3.63) is 0 Å². The van der Waals surface area contributed by atoms with Gasteiger partial charge in [-0.2, -0.15) is 0 Å². The lowest BCUT2D eigenvalue weighted by molar-refractivity contribution is 0.0572. The number of β-amino-alcohol motifs (C(OH)–C–C–N with tert-alkyl or cyclic N) is 2. The van der Waals surface area contributed by atoms with Gasteiger partial charge in [0.05, 0.1) is 12.2 Å². The standard InChI is InChI=1S/C14H28N2O2/c1-11-3-5-14(6-4-11,9-15-2)10-16-7-12(17)13(18)8-16/h11-13,15,17-18H,3-10H2,1-2H3. The lowest BCUT2D eigenvalue weighted by atomic mass is 9.70. The van der Waals surface area contributed by atoms with Gasteiger partial charge in [-0.1, -0.05) is 19.8 Å². The molecular weight excluding hydrogens is 228 g/mol. The van der Waals surface area contributed by atoms with Gasteiger partial charge in [0, 0.05) is 26.2 Å². The van der Waals surface area contributed by atoms with Crippen LogP contribution in [0.3, 0.4) is 0 Å². The van der Waals surface area contributed by atoms with Gasteiger partial charge in [-0.15, -0.1) is 0 Å². The van der Waals surface area contributed by atoms with E-state index in [1.165, 1.54) is 25.7 Å². The van der Waals surface area contributed by atoms with Crippen molar-refractivity contribution in [2.24, 2.45) is 11.3 Å². The van der Waals surface area contributed by atoms with Crippen molar-refractivity contribution in [3.63, 3.8) is 0 Å². The molecule has 1 aliphatic carbocycles. The monoisotopic (exact) mass is 256 g/mol. The first-order chi connectivity index (χ1) is 8.54. The fraction of sp³-hybridized carbons (Fsp3) is 1.00. The van der Waals surface area contributed by atoms with Crippen LogP contribution in [0, 0.1) is 11.3 Å². The molecule has 1 saturated carbocycles. The Hall–Kier alpha value is -0.160. The van der Waals surface area contributed by atoms with Crippen LogP contribution in [0.1, 0.15) is 32.6 Å². The van der Waals surface area contributed by atoms with E-state index in [4.69, 9.17) is 0 Å². The Balaban J connectivity index is 1.94. The Bertz CT molecular complexity index is 255. The SMILES string of the molecule is CNCC1(CN2CC(O)C(O)C2)CCC(C)CC1. The molecule has 3 N–H and O–H groups in total. The molecule has 18 heavy (non-hydrogen) atoms. The number of hydrogen-bond donors (Lipinski definition) is 3. The Morgan fingerprint density at radius 3 is 2.22 bits per heavy atom. The number of aliphatic hydroxyl groups is 2. The van der Waals surface area contributed by atoms with Crippen molar-refractivity contribution in [1.82, 2.24) is 10.2 Å². The zero-order valence-corrected chi connectivity index (χ0v) is 11.7. The Morgan fingerprint density at radius 2 is 1.72 bits per heavy atom. The minimum Gasteiger partial charge on any atom is -0.389 e. The van der Waals surface area contributed by atoms with Gasteiger partial charge in [0.1, 0.15) is 0 Å². The summed E-state index contributed by atoms with van der Waals surface area (Å²) >= 11 is 0. The maximum Gasteiger partial charge on any atom is 0.0938 e. The molecule has 1 heterocycles. The normalized spacial score (nSPS) is 42.3. The van der Waals surface area contributed by atoms with Crippen LogP contribution in [-0.2, 0) is 0 Å². The number of hydrogen-bond acceptors (Lipinski definition) is 4. The third kappa shape index (κ3) is 3.23. The number of aliphatic hydroxyl groups excluding tert-OH is 2. The third-order valence-electron chi connectivity index (χ3n) is 4.78. The summed E-state index contributed by atoms with van der Waals surface area (Å²) in [5.74, 6) is 0.852. The predicted octanol–water partition coefficient (Wildman–Crippen LogP) is 0.440. The molecule has 1 saturated heterocycles. The molecule has 2 aliphatic rings. The molecule has 0 amide bonds. The Labute approximate surface area is 110 Å². The highest BCUT2D eigenvalue weighted by molar-refractivity contribution is 4.92. The highest BCUT2D eigenvalue weighted by Crippen LogP contribution is 2.39. The molecule has 1 aliphatic heterocycles. The molecule has 0 aromatic carbocycles. The fourth-order valence-corrected chi connectivity index (χ4v) is 3.59. The second kappa shape index (κ2) is 5.87. The first-order valence-corrected chi connectivity index (χ1v) is 7.28. The topological polar surface area (TPSA) is 55.7 Å². The average molecular weight is 256 g/mol. The van der Waals surface area contributed by atoms with Crippen LogP contribution in [0.4, 0.5) is 0 Å². The maximum absolute atomic E-state index is 9.65. The predicted molar refractivity (Wildman–Crippen MR) is 72.4 cm³/mol. The van der Waals surface area contributed by atoms with Crippen LogP contribution in [-0.4, -0.2) is 60.5 Å². The molecule has 0 spiro atoms. The summed E-state index contributed by atoms with van der Waals surface area (Å²) in [6.45, 7) is 5.65. The number of nitrogens with one attached hydrogen (secondary N) is 1. The summed E-state index contributed by atoms with van der Waals surface area (Å²) in [6.07, 6.45) is 4.02. The second-order valence-electron chi connectivity index (χ2n) is 6.54. The van der Waals surface area contributed by atoms with Crippen LogP contribution in [0.5, 0.6) is 0 Å². The van der Waals surface area contributed by atoms with E-state index < -0.39 is 12.2 Å². The van der Waals surface area contributed by atoms with Gasteiger partial charge < -0.3 is 15.5 Å². The zero-order valence-electron chi connectivity index (χ0n) is 11.7. The van der Waals surface area contributed by atoms with Gasteiger partial charge in [-0.25, -0.2) is 0 Å². The first-order valence-electron chi connectivity index (χ1n) is 7.28. The zero-order chi connectivity index (χ0) is 13.2. The molecule has 0 radical (unpaired) electrons. The van der Waals surface area contributed by atoms with Crippen molar-refractivity contribution >= 4 is 0 Å². The summed E-state index contributed by atoms with van der Waals surface area (Å²) < 4.78 is 0.